The number of piperidine rings is 1. The Bertz CT molecular complexity index is 1100. The molecule has 2 aliphatic carbocycles. The molecule has 32 heavy (non-hydrogen) atoms. The summed E-state index contributed by atoms with van der Waals surface area (Å²) in [5.41, 5.74) is 4.24. The molecule has 3 heterocycles. The Morgan fingerprint density at radius 1 is 1.00 bits per heavy atom. The van der Waals surface area contributed by atoms with E-state index >= 15 is 0 Å². The molecule has 2 atom stereocenters. The summed E-state index contributed by atoms with van der Waals surface area (Å²) in [7, 11) is 0. The highest BCUT2D eigenvalue weighted by Crippen LogP contribution is 2.41. The third-order valence-electron chi connectivity index (χ3n) is 7.42. The van der Waals surface area contributed by atoms with Crippen LogP contribution in [0.5, 0.6) is 0 Å². The summed E-state index contributed by atoms with van der Waals surface area (Å²) in [5.74, 6) is 1.99. The summed E-state index contributed by atoms with van der Waals surface area (Å²) in [6.45, 7) is 3.22. The number of carbonyl (C=O) groups is 2. The monoisotopic (exact) mass is 428 g/mol. The third kappa shape index (κ3) is 3.58. The van der Waals surface area contributed by atoms with Crippen molar-refractivity contribution < 1.29 is 14.3 Å². The molecular formula is C27H28N2O3. The lowest BCUT2D eigenvalue weighted by atomic mass is 9.87. The van der Waals surface area contributed by atoms with Gasteiger partial charge in [-0.1, -0.05) is 18.2 Å². The van der Waals surface area contributed by atoms with E-state index in [-0.39, 0.29) is 17.5 Å². The maximum atomic E-state index is 13.8. The fourth-order valence-electron chi connectivity index (χ4n) is 5.57. The molecule has 0 bridgehead atoms. The van der Waals surface area contributed by atoms with E-state index in [1.165, 1.54) is 12.8 Å². The van der Waals surface area contributed by atoms with E-state index in [1.54, 1.807) is 12.4 Å². The Labute approximate surface area is 188 Å². The van der Waals surface area contributed by atoms with Gasteiger partial charge in [0.05, 0.1) is 5.57 Å². The Kier molecular flexibility index (Phi) is 4.94. The van der Waals surface area contributed by atoms with E-state index in [0.29, 0.717) is 17.8 Å². The molecule has 1 saturated carbocycles. The van der Waals surface area contributed by atoms with Crippen LogP contribution in [0, 0.1) is 11.8 Å². The van der Waals surface area contributed by atoms with Crippen LogP contribution >= 0.6 is 0 Å². The lowest BCUT2D eigenvalue weighted by Gasteiger charge is -2.35. The van der Waals surface area contributed by atoms with Crippen molar-refractivity contribution in [1.29, 1.82) is 0 Å². The van der Waals surface area contributed by atoms with Crippen molar-refractivity contribution in [3.05, 3.63) is 65.0 Å². The first-order valence-corrected chi connectivity index (χ1v) is 11.9. The molecule has 0 spiro atoms. The molecule has 4 aliphatic rings. The molecule has 2 aliphatic heterocycles. The van der Waals surface area contributed by atoms with Gasteiger partial charge in [0.2, 0.25) is 5.78 Å². The van der Waals surface area contributed by atoms with Gasteiger partial charge in [-0.25, -0.2) is 0 Å². The Morgan fingerprint density at radius 3 is 2.66 bits per heavy atom. The zero-order chi connectivity index (χ0) is 21.7. The molecule has 6 rings (SSSR count). The van der Waals surface area contributed by atoms with Crippen LogP contribution in [0.4, 0.5) is 0 Å². The van der Waals surface area contributed by atoms with Crippen molar-refractivity contribution in [2.24, 2.45) is 11.8 Å². The number of carbonyl (C=O) groups excluding carboxylic acids is 2. The lowest BCUT2D eigenvalue weighted by molar-refractivity contribution is -0.122. The Morgan fingerprint density at radius 2 is 1.84 bits per heavy atom. The minimum Gasteiger partial charge on any atom is -0.481 e. The molecule has 0 amide bonds. The number of hydrogen-bond acceptors (Lipinski definition) is 5. The van der Waals surface area contributed by atoms with E-state index in [2.05, 4.69) is 9.88 Å². The van der Waals surface area contributed by atoms with Crippen LogP contribution in [0.25, 0.3) is 11.3 Å². The van der Waals surface area contributed by atoms with Gasteiger partial charge >= 0.3 is 0 Å². The van der Waals surface area contributed by atoms with Crippen molar-refractivity contribution in [1.82, 2.24) is 9.88 Å². The number of hydrogen-bond donors (Lipinski definition) is 0. The van der Waals surface area contributed by atoms with E-state index in [9.17, 15) is 9.59 Å². The maximum Gasteiger partial charge on any atom is 0.207 e. The van der Waals surface area contributed by atoms with Crippen LogP contribution in [-0.2, 0) is 16.0 Å². The van der Waals surface area contributed by atoms with Gasteiger partial charge in [-0.3, -0.25) is 14.6 Å². The van der Waals surface area contributed by atoms with Crippen molar-refractivity contribution in [3.63, 3.8) is 0 Å². The molecule has 164 valence electrons. The Hall–Kier alpha value is -2.79. The summed E-state index contributed by atoms with van der Waals surface area (Å²) >= 11 is 0. The quantitative estimate of drug-likeness (QED) is 0.715. The first-order valence-electron chi connectivity index (χ1n) is 11.9. The molecule has 5 nitrogen and oxygen atoms in total. The second-order valence-electron chi connectivity index (χ2n) is 9.74. The fraction of sp³-hybridized carbons (Fsp3) is 0.444. The number of aryl methyl sites for hydroxylation is 1. The summed E-state index contributed by atoms with van der Waals surface area (Å²) in [6, 6.07) is 9.64. The van der Waals surface area contributed by atoms with Gasteiger partial charge in [0.1, 0.15) is 5.76 Å². The largest absolute Gasteiger partial charge is 0.481 e. The van der Waals surface area contributed by atoms with Gasteiger partial charge in [-0.05, 0) is 67.8 Å². The molecule has 2 fully saturated rings. The van der Waals surface area contributed by atoms with Crippen LogP contribution < -0.4 is 0 Å². The zero-order valence-electron chi connectivity index (χ0n) is 18.3. The molecule has 1 aromatic heterocycles. The van der Waals surface area contributed by atoms with E-state index in [0.717, 1.165) is 67.1 Å². The van der Waals surface area contributed by atoms with Gasteiger partial charge in [-0.2, -0.15) is 0 Å². The number of ether oxygens (including phenoxy) is 1. The van der Waals surface area contributed by atoms with E-state index in [1.807, 2.05) is 30.3 Å². The number of Topliss-reactive ketones (excluding diaryl/α,β-unsaturated/α-hetero) is 2. The molecule has 0 N–H and O–H groups in total. The highest BCUT2D eigenvalue weighted by atomic mass is 16.5. The Balaban J connectivity index is 1.34. The summed E-state index contributed by atoms with van der Waals surface area (Å²) in [5, 5.41) is 0. The number of pyridine rings is 1. The normalized spacial score (nSPS) is 25.9. The first-order chi connectivity index (χ1) is 15.7. The SMILES string of the molecule is O=C1CCc2cc(C3=C(c4ccncc4)OC(C4CCCN(CC5CC5)C4)C3=O)ccc21. The van der Waals surface area contributed by atoms with Crippen LogP contribution in [0.2, 0.25) is 0 Å². The molecule has 1 saturated heterocycles. The van der Waals surface area contributed by atoms with Crippen LogP contribution in [0.1, 0.15) is 59.2 Å². The number of ketones is 2. The number of fused-ring (bicyclic) bond motifs is 1. The van der Waals surface area contributed by atoms with Crippen LogP contribution in [0.3, 0.4) is 0 Å². The van der Waals surface area contributed by atoms with E-state index in [4.69, 9.17) is 4.74 Å². The van der Waals surface area contributed by atoms with Crippen molar-refractivity contribution in [3.8, 4) is 0 Å². The standard InChI is InChI=1S/C27H28N2O3/c30-23-8-6-19-14-20(5-7-22(19)23)24-25(31)27(32-26(24)18-9-11-28-12-10-18)21-2-1-13-29(16-21)15-17-3-4-17/h5,7,9-12,14,17,21,27H,1-4,6,8,13,15-16H2. The lowest BCUT2D eigenvalue weighted by Crippen LogP contribution is -2.43. The van der Waals surface area contributed by atoms with Crippen molar-refractivity contribution >= 4 is 22.9 Å². The number of aromatic nitrogens is 1. The minimum absolute atomic E-state index is 0.0827. The van der Waals surface area contributed by atoms with Gasteiger partial charge in [0.25, 0.3) is 0 Å². The molecule has 2 unspecified atom stereocenters. The van der Waals surface area contributed by atoms with E-state index < -0.39 is 6.10 Å². The molecular weight excluding hydrogens is 400 g/mol. The predicted octanol–water partition coefficient (Wildman–Crippen LogP) is 4.17. The zero-order valence-corrected chi connectivity index (χ0v) is 18.3. The van der Waals surface area contributed by atoms with Gasteiger partial charge in [0.15, 0.2) is 11.9 Å². The van der Waals surface area contributed by atoms with Crippen molar-refractivity contribution in [2.45, 2.75) is 44.6 Å². The third-order valence-corrected chi connectivity index (χ3v) is 7.42. The highest BCUT2D eigenvalue weighted by molar-refractivity contribution is 6.31. The first kappa shape index (κ1) is 19.9. The minimum atomic E-state index is -0.440. The maximum absolute atomic E-state index is 13.8. The van der Waals surface area contributed by atoms with Crippen LogP contribution in [0.15, 0.2) is 42.7 Å². The van der Waals surface area contributed by atoms with Crippen molar-refractivity contribution in [2.75, 3.05) is 19.6 Å². The average Bonchev–Trinajstić information content (AvgIpc) is 3.46. The number of likely N-dealkylation sites (tertiary alicyclic amines) is 1. The number of benzene rings is 1. The van der Waals surface area contributed by atoms with Gasteiger partial charge in [0, 0.05) is 48.9 Å². The molecule has 0 radical (unpaired) electrons. The van der Waals surface area contributed by atoms with Crippen LogP contribution in [-0.4, -0.2) is 47.2 Å². The second-order valence-corrected chi connectivity index (χ2v) is 9.74. The fourth-order valence-corrected chi connectivity index (χ4v) is 5.57. The molecule has 1 aromatic carbocycles. The second kappa shape index (κ2) is 7.96. The molecule has 2 aromatic rings. The van der Waals surface area contributed by atoms with Gasteiger partial charge in [-0.15, -0.1) is 0 Å². The molecule has 5 heteroatoms. The topological polar surface area (TPSA) is 59.5 Å². The smallest absolute Gasteiger partial charge is 0.207 e. The summed E-state index contributed by atoms with van der Waals surface area (Å²) < 4.78 is 6.48. The average molecular weight is 429 g/mol. The predicted molar refractivity (Wildman–Crippen MR) is 122 cm³/mol. The summed E-state index contributed by atoms with van der Waals surface area (Å²) in [6.07, 6.45) is 9.17. The number of rotatable bonds is 5. The van der Waals surface area contributed by atoms with Gasteiger partial charge < -0.3 is 9.64 Å². The summed E-state index contributed by atoms with van der Waals surface area (Å²) in [4.78, 5) is 32.6. The highest BCUT2D eigenvalue weighted by Gasteiger charge is 2.43. The number of nitrogens with zero attached hydrogens (tertiary/aromatic N) is 2.